The van der Waals surface area contributed by atoms with Gasteiger partial charge in [0.25, 0.3) is 0 Å². The lowest BCUT2D eigenvalue weighted by molar-refractivity contribution is -0.123. The van der Waals surface area contributed by atoms with Gasteiger partial charge in [0.15, 0.2) is 0 Å². The van der Waals surface area contributed by atoms with Crippen LogP contribution in [0.4, 0.5) is 0 Å². The molecule has 1 aromatic heterocycles. The molecule has 5 heteroatoms. The first-order valence-corrected chi connectivity index (χ1v) is 6.48. The van der Waals surface area contributed by atoms with Crippen LogP contribution in [-0.2, 0) is 17.8 Å². The number of amides is 1. The van der Waals surface area contributed by atoms with Crippen LogP contribution in [0.2, 0.25) is 0 Å². The Morgan fingerprint density at radius 1 is 1.35 bits per heavy atom. The third kappa shape index (κ3) is 3.95. The summed E-state index contributed by atoms with van der Waals surface area (Å²) in [7, 11) is 0. The van der Waals surface area contributed by atoms with Gasteiger partial charge in [-0.3, -0.25) is 9.48 Å². The van der Waals surface area contributed by atoms with Crippen LogP contribution in [0, 0.1) is 17.2 Å². The number of nitriles is 1. The van der Waals surface area contributed by atoms with Crippen molar-refractivity contribution in [2.24, 2.45) is 5.92 Å². The fourth-order valence-corrected chi connectivity index (χ4v) is 1.90. The molecule has 2 rings (SSSR count). The monoisotopic (exact) mass is 268 g/mol. The van der Waals surface area contributed by atoms with E-state index in [9.17, 15) is 4.79 Å². The first kappa shape index (κ1) is 13.8. The second kappa shape index (κ2) is 7.10. The molecular formula is C15H16N4O. The number of hydrogen-bond acceptors (Lipinski definition) is 3. The molecule has 0 bridgehead atoms. The number of carbonyl (C=O) groups is 1. The highest BCUT2D eigenvalue weighted by Crippen LogP contribution is 2.08. The number of nitrogens with one attached hydrogen (secondary N) is 1. The van der Waals surface area contributed by atoms with E-state index in [1.807, 2.05) is 42.6 Å². The molecule has 0 spiro atoms. The van der Waals surface area contributed by atoms with Gasteiger partial charge in [-0.05, 0) is 18.1 Å². The summed E-state index contributed by atoms with van der Waals surface area (Å²) in [6, 6.07) is 13.4. The van der Waals surface area contributed by atoms with Crippen molar-refractivity contribution in [3.63, 3.8) is 0 Å². The van der Waals surface area contributed by atoms with Gasteiger partial charge in [0.05, 0.1) is 12.6 Å². The summed E-state index contributed by atoms with van der Waals surface area (Å²) in [6.07, 6.45) is 3.96. The van der Waals surface area contributed by atoms with Gasteiger partial charge in [-0.1, -0.05) is 30.3 Å². The molecule has 0 aliphatic heterocycles. The molecule has 1 aromatic carbocycles. The molecule has 1 unspecified atom stereocenters. The lowest BCUT2D eigenvalue weighted by Gasteiger charge is -2.10. The van der Waals surface area contributed by atoms with Crippen molar-refractivity contribution >= 4 is 5.91 Å². The number of hydrogen-bond donors (Lipinski definition) is 1. The summed E-state index contributed by atoms with van der Waals surface area (Å²) in [5, 5.41) is 15.9. The van der Waals surface area contributed by atoms with Crippen molar-refractivity contribution in [1.82, 2.24) is 15.1 Å². The minimum atomic E-state index is -0.657. The summed E-state index contributed by atoms with van der Waals surface area (Å²) in [6.45, 7) is 1.07. The summed E-state index contributed by atoms with van der Waals surface area (Å²) in [5.74, 6) is -0.890. The van der Waals surface area contributed by atoms with Crippen molar-refractivity contribution in [2.45, 2.75) is 13.0 Å². The normalized spacial score (nSPS) is 11.6. The number of carbonyl (C=O) groups excluding carboxylic acids is 1. The van der Waals surface area contributed by atoms with Crippen molar-refractivity contribution < 1.29 is 4.79 Å². The largest absolute Gasteiger partial charge is 0.353 e. The molecule has 0 aliphatic carbocycles. The molecule has 0 saturated heterocycles. The first-order chi connectivity index (χ1) is 9.79. The van der Waals surface area contributed by atoms with Gasteiger partial charge in [0.2, 0.25) is 5.91 Å². The Morgan fingerprint density at radius 3 is 2.80 bits per heavy atom. The molecule has 1 N–H and O–H groups in total. The third-order valence-corrected chi connectivity index (χ3v) is 2.95. The van der Waals surface area contributed by atoms with E-state index in [1.165, 1.54) is 0 Å². The Kier molecular flexibility index (Phi) is 4.90. The fraction of sp³-hybridized carbons (Fsp3) is 0.267. The number of rotatable bonds is 6. The topological polar surface area (TPSA) is 70.7 Å². The minimum Gasteiger partial charge on any atom is -0.353 e. The maximum absolute atomic E-state index is 11.9. The summed E-state index contributed by atoms with van der Waals surface area (Å²) in [4.78, 5) is 11.9. The van der Waals surface area contributed by atoms with Gasteiger partial charge < -0.3 is 5.32 Å². The maximum atomic E-state index is 11.9. The molecule has 1 heterocycles. The van der Waals surface area contributed by atoms with Gasteiger partial charge in [-0.25, -0.2) is 0 Å². The van der Waals surface area contributed by atoms with E-state index in [0.717, 1.165) is 5.56 Å². The van der Waals surface area contributed by atoms with Gasteiger partial charge in [-0.15, -0.1) is 0 Å². The van der Waals surface area contributed by atoms with E-state index in [2.05, 4.69) is 16.5 Å². The van der Waals surface area contributed by atoms with E-state index in [1.54, 1.807) is 10.9 Å². The van der Waals surface area contributed by atoms with Gasteiger partial charge in [-0.2, -0.15) is 10.4 Å². The Morgan fingerprint density at radius 2 is 2.15 bits per heavy atom. The van der Waals surface area contributed by atoms with Crippen LogP contribution in [0.25, 0.3) is 0 Å². The van der Waals surface area contributed by atoms with Gasteiger partial charge in [0.1, 0.15) is 5.92 Å². The van der Waals surface area contributed by atoms with Crippen LogP contribution >= 0.6 is 0 Å². The number of benzene rings is 1. The lowest BCUT2D eigenvalue weighted by Crippen LogP contribution is -2.33. The highest BCUT2D eigenvalue weighted by molar-refractivity contribution is 5.81. The maximum Gasteiger partial charge on any atom is 0.237 e. The van der Waals surface area contributed by atoms with Crippen LogP contribution in [-0.4, -0.2) is 22.2 Å². The second-order valence-electron chi connectivity index (χ2n) is 4.43. The van der Waals surface area contributed by atoms with Crippen molar-refractivity contribution in [3.8, 4) is 6.07 Å². The zero-order valence-corrected chi connectivity index (χ0v) is 11.1. The summed E-state index contributed by atoms with van der Waals surface area (Å²) >= 11 is 0. The lowest BCUT2D eigenvalue weighted by atomic mass is 10.00. The van der Waals surface area contributed by atoms with Crippen molar-refractivity contribution in [1.29, 1.82) is 5.26 Å². The molecule has 0 radical (unpaired) electrons. The highest BCUT2D eigenvalue weighted by atomic mass is 16.1. The van der Waals surface area contributed by atoms with E-state index >= 15 is 0 Å². The molecule has 0 aliphatic rings. The molecule has 20 heavy (non-hydrogen) atoms. The quantitative estimate of drug-likeness (QED) is 0.860. The zero-order chi connectivity index (χ0) is 14.2. The Balaban J connectivity index is 1.82. The number of nitrogens with zero attached hydrogens (tertiary/aromatic N) is 3. The Bertz CT molecular complexity index is 572. The average molecular weight is 268 g/mol. The highest BCUT2D eigenvalue weighted by Gasteiger charge is 2.17. The van der Waals surface area contributed by atoms with Crippen LogP contribution in [0.5, 0.6) is 0 Å². The van der Waals surface area contributed by atoms with Crippen LogP contribution < -0.4 is 5.32 Å². The molecule has 1 atom stereocenters. The predicted molar refractivity (Wildman–Crippen MR) is 74.5 cm³/mol. The molecule has 2 aromatic rings. The molecular weight excluding hydrogens is 252 g/mol. The van der Waals surface area contributed by atoms with E-state index < -0.39 is 5.92 Å². The average Bonchev–Trinajstić information content (AvgIpc) is 2.99. The molecule has 5 nitrogen and oxygen atoms in total. The first-order valence-electron chi connectivity index (χ1n) is 6.48. The standard InChI is InChI=1S/C15H16N4O/c16-12-14(11-13-5-2-1-3-6-13)15(20)17-8-10-19-9-4-7-18-19/h1-7,9,14H,8,10-11H2,(H,17,20). The van der Waals surface area contributed by atoms with E-state index in [-0.39, 0.29) is 5.91 Å². The smallest absolute Gasteiger partial charge is 0.237 e. The van der Waals surface area contributed by atoms with E-state index in [4.69, 9.17) is 5.26 Å². The summed E-state index contributed by atoms with van der Waals surface area (Å²) < 4.78 is 1.73. The zero-order valence-electron chi connectivity index (χ0n) is 11.1. The fourth-order valence-electron chi connectivity index (χ4n) is 1.90. The van der Waals surface area contributed by atoms with Crippen LogP contribution in [0.3, 0.4) is 0 Å². The molecule has 0 saturated carbocycles. The predicted octanol–water partition coefficient (Wildman–Crippen LogP) is 1.38. The minimum absolute atomic E-state index is 0.233. The number of aromatic nitrogens is 2. The Labute approximate surface area is 117 Å². The van der Waals surface area contributed by atoms with Crippen LogP contribution in [0.1, 0.15) is 5.56 Å². The van der Waals surface area contributed by atoms with E-state index in [0.29, 0.717) is 19.5 Å². The molecule has 102 valence electrons. The van der Waals surface area contributed by atoms with Gasteiger partial charge in [0, 0.05) is 18.9 Å². The summed E-state index contributed by atoms with van der Waals surface area (Å²) in [5.41, 5.74) is 0.987. The SMILES string of the molecule is N#CC(Cc1ccccc1)C(=O)NCCn1cccn1. The molecule has 0 fully saturated rings. The second-order valence-corrected chi connectivity index (χ2v) is 4.43. The molecule has 1 amide bonds. The van der Waals surface area contributed by atoms with Crippen molar-refractivity contribution in [2.75, 3.05) is 6.54 Å². The van der Waals surface area contributed by atoms with Gasteiger partial charge >= 0.3 is 0 Å². The Hall–Kier alpha value is -2.61. The van der Waals surface area contributed by atoms with Crippen LogP contribution in [0.15, 0.2) is 48.8 Å². The van der Waals surface area contributed by atoms with Crippen molar-refractivity contribution in [3.05, 3.63) is 54.4 Å². The third-order valence-electron chi connectivity index (χ3n) is 2.95.